The lowest BCUT2D eigenvalue weighted by molar-refractivity contribution is 0.0685. The minimum Gasteiger partial charge on any atom is -0.477 e. The number of hydrogen-bond donors (Lipinski definition) is 2. The van der Waals surface area contributed by atoms with Crippen LogP contribution < -0.4 is 5.32 Å². The van der Waals surface area contributed by atoms with Gasteiger partial charge < -0.3 is 15.0 Å². The van der Waals surface area contributed by atoms with Crippen LogP contribution in [0, 0.1) is 0 Å². The van der Waals surface area contributed by atoms with E-state index in [1.54, 1.807) is 12.4 Å². The first-order chi connectivity index (χ1) is 14.1. The van der Waals surface area contributed by atoms with Gasteiger partial charge in [0.1, 0.15) is 5.69 Å². The van der Waals surface area contributed by atoms with Crippen molar-refractivity contribution in [1.82, 2.24) is 14.9 Å². The van der Waals surface area contributed by atoms with Crippen molar-refractivity contribution in [3.63, 3.8) is 0 Å². The van der Waals surface area contributed by atoms with Gasteiger partial charge in [-0.15, -0.1) is 0 Å². The van der Waals surface area contributed by atoms with E-state index < -0.39 is 5.97 Å². The summed E-state index contributed by atoms with van der Waals surface area (Å²) in [4.78, 5) is 16.3. The second-order valence-corrected chi connectivity index (χ2v) is 7.20. The molecule has 0 aliphatic carbocycles. The molecule has 0 bridgehead atoms. The summed E-state index contributed by atoms with van der Waals surface area (Å²) in [5.74, 6) is -0.952. The van der Waals surface area contributed by atoms with Crippen molar-refractivity contribution in [2.45, 2.75) is 19.6 Å². The van der Waals surface area contributed by atoms with Gasteiger partial charge in [-0.05, 0) is 29.3 Å². The number of fused-ring (bicyclic) bond motifs is 1. The van der Waals surface area contributed by atoms with Crippen LogP contribution in [0.25, 0.3) is 10.9 Å². The predicted octanol–water partition coefficient (Wildman–Crippen LogP) is 4.73. The maximum absolute atomic E-state index is 12.2. The van der Waals surface area contributed by atoms with E-state index in [1.807, 2.05) is 65.2 Å². The molecule has 2 aromatic carbocycles. The molecule has 0 aliphatic rings. The SMILES string of the molecule is O=C(O)c1c(CNCc2cccnc2)c2ccccc2n1Cc1ccccc1Cl. The molecule has 2 heterocycles. The van der Waals surface area contributed by atoms with Crippen LogP contribution in [0.1, 0.15) is 27.2 Å². The molecule has 0 fully saturated rings. The molecular weight excluding hydrogens is 386 g/mol. The van der Waals surface area contributed by atoms with E-state index >= 15 is 0 Å². The molecule has 0 radical (unpaired) electrons. The molecule has 0 saturated heterocycles. The number of carbonyl (C=O) groups is 1. The van der Waals surface area contributed by atoms with Crippen LogP contribution in [0.4, 0.5) is 0 Å². The third kappa shape index (κ3) is 4.01. The van der Waals surface area contributed by atoms with E-state index in [2.05, 4.69) is 10.3 Å². The van der Waals surface area contributed by atoms with Crippen LogP contribution in [0.5, 0.6) is 0 Å². The van der Waals surface area contributed by atoms with Gasteiger partial charge in [-0.1, -0.05) is 54.1 Å². The lowest BCUT2D eigenvalue weighted by Crippen LogP contribution is -2.17. The van der Waals surface area contributed by atoms with E-state index in [0.29, 0.717) is 24.7 Å². The van der Waals surface area contributed by atoms with Crippen molar-refractivity contribution in [1.29, 1.82) is 0 Å². The minimum absolute atomic E-state index is 0.282. The highest BCUT2D eigenvalue weighted by Gasteiger charge is 2.22. The van der Waals surface area contributed by atoms with Gasteiger partial charge in [0.05, 0.1) is 0 Å². The van der Waals surface area contributed by atoms with Crippen molar-refractivity contribution >= 4 is 28.5 Å². The molecule has 0 spiro atoms. The summed E-state index contributed by atoms with van der Waals surface area (Å²) in [7, 11) is 0. The van der Waals surface area contributed by atoms with Gasteiger partial charge in [-0.2, -0.15) is 0 Å². The Labute approximate surface area is 173 Å². The van der Waals surface area contributed by atoms with Crippen molar-refractivity contribution in [2.75, 3.05) is 0 Å². The lowest BCUT2D eigenvalue weighted by atomic mass is 10.1. The summed E-state index contributed by atoms with van der Waals surface area (Å²) < 4.78 is 1.83. The molecule has 29 heavy (non-hydrogen) atoms. The van der Waals surface area contributed by atoms with Crippen molar-refractivity contribution in [3.8, 4) is 0 Å². The van der Waals surface area contributed by atoms with E-state index in [0.717, 1.165) is 27.6 Å². The fraction of sp³-hybridized carbons (Fsp3) is 0.130. The van der Waals surface area contributed by atoms with Crippen molar-refractivity contribution in [3.05, 3.63) is 100 Å². The van der Waals surface area contributed by atoms with Gasteiger partial charge in [-0.25, -0.2) is 4.79 Å². The number of para-hydroxylation sites is 1. The van der Waals surface area contributed by atoms with Crippen molar-refractivity contribution < 1.29 is 9.90 Å². The number of aromatic carboxylic acids is 1. The number of nitrogens with one attached hydrogen (secondary N) is 1. The number of hydrogen-bond acceptors (Lipinski definition) is 3. The average Bonchev–Trinajstić information content (AvgIpc) is 3.04. The van der Waals surface area contributed by atoms with Gasteiger partial charge in [0.15, 0.2) is 0 Å². The number of nitrogens with zero attached hydrogens (tertiary/aromatic N) is 2. The molecule has 0 saturated carbocycles. The maximum atomic E-state index is 12.2. The largest absolute Gasteiger partial charge is 0.477 e. The number of benzene rings is 2. The lowest BCUT2D eigenvalue weighted by Gasteiger charge is -2.11. The van der Waals surface area contributed by atoms with Crippen LogP contribution in [-0.4, -0.2) is 20.6 Å². The Morgan fingerprint density at radius 2 is 1.83 bits per heavy atom. The van der Waals surface area contributed by atoms with Crippen LogP contribution in [-0.2, 0) is 19.6 Å². The van der Waals surface area contributed by atoms with Gasteiger partial charge in [0.2, 0.25) is 0 Å². The minimum atomic E-state index is -0.952. The quantitative estimate of drug-likeness (QED) is 0.466. The number of rotatable bonds is 7. The van der Waals surface area contributed by atoms with Crippen LogP contribution >= 0.6 is 11.6 Å². The Balaban J connectivity index is 1.72. The predicted molar refractivity (Wildman–Crippen MR) is 114 cm³/mol. The molecule has 0 atom stereocenters. The first-order valence-corrected chi connectivity index (χ1v) is 9.69. The molecule has 6 heteroatoms. The Bertz CT molecular complexity index is 1160. The topological polar surface area (TPSA) is 67.2 Å². The van der Waals surface area contributed by atoms with Crippen LogP contribution in [0.3, 0.4) is 0 Å². The van der Waals surface area contributed by atoms with Crippen molar-refractivity contribution in [2.24, 2.45) is 0 Å². The van der Waals surface area contributed by atoms with Crippen LogP contribution in [0.15, 0.2) is 73.1 Å². The fourth-order valence-electron chi connectivity index (χ4n) is 3.59. The van der Waals surface area contributed by atoms with E-state index in [1.165, 1.54) is 0 Å². The monoisotopic (exact) mass is 405 g/mol. The van der Waals surface area contributed by atoms with Gasteiger partial charge in [0.25, 0.3) is 0 Å². The zero-order valence-corrected chi connectivity index (χ0v) is 16.4. The van der Waals surface area contributed by atoms with Gasteiger partial charge in [-0.3, -0.25) is 4.98 Å². The Morgan fingerprint density at radius 1 is 1.03 bits per heavy atom. The Hall–Kier alpha value is -3.15. The fourth-order valence-corrected chi connectivity index (χ4v) is 3.79. The average molecular weight is 406 g/mol. The van der Waals surface area contributed by atoms with Gasteiger partial charge >= 0.3 is 5.97 Å². The zero-order valence-electron chi connectivity index (χ0n) is 15.7. The third-order valence-electron chi connectivity index (χ3n) is 4.92. The number of carboxylic acid groups (broad SMARTS) is 1. The maximum Gasteiger partial charge on any atom is 0.352 e. The molecule has 0 unspecified atom stereocenters. The summed E-state index contributed by atoms with van der Waals surface area (Å²) in [6.07, 6.45) is 3.53. The number of pyridine rings is 1. The molecule has 146 valence electrons. The molecule has 2 aromatic heterocycles. The van der Waals surface area contributed by atoms with E-state index in [9.17, 15) is 9.90 Å². The molecule has 4 aromatic rings. The highest BCUT2D eigenvalue weighted by Crippen LogP contribution is 2.29. The molecule has 4 rings (SSSR count). The molecule has 0 aliphatic heterocycles. The Morgan fingerprint density at radius 3 is 2.59 bits per heavy atom. The highest BCUT2D eigenvalue weighted by molar-refractivity contribution is 6.31. The third-order valence-corrected chi connectivity index (χ3v) is 5.29. The molecule has 5 nitrogen and oxygen atoms in total. The summed E-state index contributed by atoms with van der Waals surface area (Å²) in [5.41, 5.74) is 3.85. The first-order valence-electron chi connectivity index (χ1n) is 9.31. The number of halogens is 1. The molecule has 0 amide bonds. The molecular formula is C23H20ClN3O2. The Kier molecular flexibility index (Phi) is 5.60. The normalized spacial score (nSPS) is 11.1. The number of carboxylic acids is 1. The highest BCUT2D eigenvalue weighted by atomic mass is 35.5. The standard InChI is InChI=1S/C23H20ClN3O2/c24-20-9-3-1-7-17(20)15-27-21-10-4-2-8-18(21)19(22(27)23(28)29)14-26-13-16-6-5-11-25-12-16/h1-12,26H,13-15H2,(H,28,29). The van der Waals surface area contributed by atoms with E-state index in [-0.39, 0.29) is 5.69 Å². The summed E-state index contributed by atoms with van der Waals surface area (Å²) in [6, 6.07) is 19.1. The summed E-state index contributed by atoms with van der Waals surface area (Å²) >= 11 is 6.34. The zero-order chi connectivity index (χ0) is 20.2. The van der Waals surface area contributed by atoms with E-state index in [4.69, 9.17) is 11.6 Å². The smallest absolute Gasteiger partial charge is 0.352 e. The second kappa shape index (κ2) is 8.47. The number of aromatic nitrogens is 2. The summed E-state index contributed by atoms with van der Waals surface area (Å²) in [5, 5.41) is 14.9. The van der Waals surface area contributed by atoms with Crippen LogP contribution in [0.2, 0.25) is 5.02 Å². The summed E-state index contributed by atoms with van der Waals surface area (Å²) in [6.45, 7) is 1.44. The first kappa shape index (κ1) is 19.2. The van der Waals surface area contributed by atoms with Gasteiger partial charge in [0, 0.05) is 53.5 Å². The second-order valence-electron chi connectivity index (χ2n) is 6.79. The molecule has 2 N–H and O–H groups in total.